The average molecular weight is 345 g/mol. The van der Waals surface area contributed by atoms with Gasteiger partial charge in [0.05, 0.1) is 13.2 Å². The lowest BCUT2D eigenvalue weighted by molar-refractivity contribution is 0.0431. The van der Waals surface area contributed by atoms with E-state index in [2.05, 4.69) is 5.32 Å². The molecule has 2 heterocycles. The van der Waals surface area contributed by atoms with Crippen molar-refractivity contribution in [3.63, 3.8) is 0 Å². The maximum absolute atomic E-state index is 12.7. The molecule has 0 bridgehead atoms. The first-order valence-corrected chi connectivity index (χ1v) is 9.17. The normalized spacial score (nSPS) is 23.6. The molecular formula is C19H27N3O3. The third-order valence-corrected chi connectivity index (χ3v) is 5.00. The van der Waals surface area contributed by atoms with Crippen molar-refractivity contribution in [2.24, 2.45) is 5.92 Å². The lowest BCUT2D eigenvalue weighted by Gasteiger charge is -2.42. The smallest absolute Gasteiger partial charge is 0.317 e. The number of likely N-dealkylation sites (tertiary alicyclic amines) is 1. The number of rotatable bonds is 3. The zero-order chi connectivity index (χ0) is 17.6. The molecule has 3 rings (SSSR count). The number of amides is 3. The van der Waals surface area contributed by atoms with E-state index in [9.17, 15) is 9.59 Å². The van der Waals surface area contributed by atoms with Crippen LogP contribution in [-0.4, -0.2) is 67.2 Å². The van der Waals surface area contributed by atoms with E-state index < -0.39 is 0 Å². The highest BCUT2D eigenvalue weighted by Gasteiger charge is 2.38. The molecule has 2 saturated heterocycles. The minimum atomic E-state index is -0.00909. The molecule has 2 aliphatic heterocycles. The van der Waals surface area contributed by atoms with Crippen LogP contribution in [0.1, 0.15) is 30.1 Å². The molecule has 136 valence electrons. The van der Waals surface area contributed by atoms with Crippen molar-refractivity contribution in [1.82, 2.24) is 15.1 Å². The van der Waals surface area contributed by atoms with Gasteiger partial charge in [-0.3, -0.25) is 4.79 Å². The van der Waals surface area contributed by atoms with E-state index in [0.717, 1.165) is 12.8 Å². The van der Waals surface area contributed by atoms with Crippen LogP contribution in [0, 0.1) is 5.92 Å². The fourth-order valence-electron chi connectivity index (χ4n) is 3.69. The second kappa shape index (κ2) is 8.34. The van der Waals surface area contributed by atoms with Crippen LogP contribution in [0.15, 0.2) is 30.3 Å². The molecule has 1 aromatic rings. The summed E-state index contributed by atoms with van der Waals surface area (Å²) < 4.78 is 5.72. The third kappa shape index (κ3) is 4.12. The van der Waals surface area contributed by atoms with Crippen LogP contribution >= 0.6 is 0 Å². The highest BCUT2D eigenvalue weighted by atomic mass is 16.5. The van der Waals surface area contributed by atoms with Crippen LogP contribution in [0.25, 0.3) is 0 Å². The van der Waals surface area contributed by atoms with Gasteiger partial charge in [0.15, 0.2) is 0 Å². The van der Waals surface area contributed by atoms with E-state index in [0.29, 0.717) is 45.0 Å². The molecule has 0 unspecified atom stereocenters. The quantitative estimate of drug-likeness (QED) is 0.911. The van der Waals surface area contributed by atoms with Gasteiger partial charge in [-0.15, -0.1) is 0 Å². The SMILES string of the molecule is CCCNC(=O)N1CCOC[C@H]2CN(C(=O)c3ccccc3)CC[C@H]21. The fraction of sp³-hybridized carbons (Fsp3) is 0.579. The lowest BCUT2D eigenvalue weighted by Crippen LogP contribution is -2.56. The summed E-state index contributed by atoms with van der Waals surface area (Å²) in [5.41, 5.74) is 0.716. The number of carbonyl (C=O) groups is 2. The van der Waals surface area contributed by atoms with Gasteiger partial charge in [0, 0.05) is 43.7 Å². The van der Waals surface area contributed by atoms with Crippen molar-refractivity contribution in [2.45, 2.75) is 25.8 Å². The largest absolute Gasteiger partial charge is 0.379 e. The van der Waals surface area contributed by atoms with E-state index in [4.69, 9.17) is 4.74 Å². The van der Waals surface area contributed by atoms with Gasteiger partial charge in [-0.25, -0.2) is 4.79 Å². The Morgan fingerprint density at radius 3 is 2.80 bits per heavy atom. The Morgan fingerprint density at radius 2 is 2.04 bits per heavy atom. The predicted octanol–water partition coefficient (Wildman–Crippen LogP) is 1.97. The van der Waals surface area contributed by atoms with Crippen molar-refractivity contribution in [2.75, 3.05) is 39.4 Å². The monoisotopic (exact) mass is 345 g/mol. The first-order valence-electron chi connectivity index (χ1n) is 9.17. The molecule has 2 atom stereocenters. The summed E-state index contributed by atoms with van der Waals surface area (Å²) in [5, 5.41) is 2.97. The lowest BCUT2D eigenvalue weighted by atomic mass is 9.91. The number of hydrogen-bond donors (Lipinski definition) is 1. The first kappa shape index (κ1) is 17.7. The zero-order valence-electron chi connectivity index (χ0n) is 14.8. The first-order chi connectivity index (χ1) is 12.2. The molecule has 6 nitrogen and oxygen atoms in total. The van der Waals surface area contributed by atoms with E-state index in [1.807, 2.05) is 47.1 Å². The van der Waals surface area contributed by atoms with Crippen LogP contribution in [0.5, 0.6) is 0 Å². The van der Waals surface area contributed by atoms with Crippen LogP contribution in [-0.2, 0) is 4.74 Å². The van der Waals surface area contributed by atoms with E-state index in [1.165, 1.54) is 0 Å². The minimum absolute atomic E-state index is 0.00909. The summed E-state index contributed by atoms with van der Waals surface area (Å²) >= 11 is 0. The number of fused-ring (bicyclic) bond motifs is 1. The molecule has 1 aromatic carbocycles. The Morgan fingerprint density at radius 1 is 1.24 bits per heavy atom. The maximum Gasteiger partial charge on any atom is 0.317 e. The molecule has 6 heteroatoms. The average Bonchev–Trinajstić information content (AvgIpc) is 2.88. The zero-order valence-corrected chi connectivity index (χ0v) is 14.8. The molecule has 0 aliphatic carbocycles. The van der Waals surface area contributed by atoms with Crippen molar-refractivity contribution in [1.29, 1.82) is 0 Å². The maximum atomic E-state index is 12.7. The summed E-state index contributed by atoms with van der Waals surface area (Å²) in [5.74, 6) is 0.224. The molecule has 0 radical (unpaired) electrons. The topological polar surface area (TPSA) is 61.9 Å². The molecule has 2 fully saturated rings. The minimum Gasteiger partial charge on any atom is -0.379 e. The van der Waals surface area contributed by atoms with Gasteiger partial charge in [0.1, 0.15) is 0 Å². The molecule has 0 spiro atoms. The van der Waals surface area contributed by atoms with Crippen LogP contribution in [0.3, 0.4) is 0 Å². The second-order valence-electron chi connectivity index (χ2n) is 6.73. The second-order valence-corrected chi connectivity index (χ2v) is 6.73. The summed E-state index contributed by atoms with van der Waals surface area (Å²) in [7, 11) is 0. The van der Waals surface area contributed by atoms with Crippen molar-refractivity contribution in [3.05, 3.63) is 35.9 Å². The summed E-state index contributed by atoms with van der Waals surface area (Å²) in [4.78, 5) is 29.0. The summed E-state index contributed by atoms with van der Waals surface area (Å²) in [6.45, 7) is 5.81. The van der Waals surface area contributed by atoms with Crippen molar-refractivity contribution >= 4 is 11.9 Å². The van der Waals surface area contributed by atoms with E-state index in [1.54, 1.807) is 0 Å². The Balaban J connectivity index is 1.68. The highest BCUT2D eigenvalue weighted by molar-refractivity contribution is 5.94. The van der Waals surface area contributed by atoms with Gasteiger partial charge in [0.2, 0.25) is 0 Å². The summed E-state index contributed by atoms with van der Waals surface area (Å²) in [6.07, 6.45) is 1.72. The van der Waals surface area contributed by atoms with E-state index in [-0.39, 0.29) is 23.9 Å². The van der Waals surface area contributed by atoms with Crippen LogP contribution in [0.2, 0.25) is 0 Å². The molecule has 2 aliphatic rings. The highest BCUT2D eigenvalue weighted by Crippen LogP contribution is 2.26. The molecular weight excluding hydrogens is 318 g/mol. The van der Waals surface area contributed by atoms with Gasteiger partial charge >= 0.3 is 6.03 Å². The number of urea groups is 1. The number of benzene rings is 1. The third-order valence-electron chi connectivity index (χ3n) is 5.00. The Labute approximate surface area is 149 Å². The molecule has 1 N–H and O–H groups in total. The van der Waals surface area contributed by atoms with E-state index >= 15 is 0 Å². The Kier molecular flexibility index (Phi) is 5.91. The van der Waals surface area contributed by atoms with Crippen LogP contribution < -0.4 is 5.32 Å². The van der Waals surface area contributed by atoms with Crippen LogP contribution in [0.4, 0.5) is 4.79 Å². The van der Waals surface area contributed by atoms with Gasteiger partial charge < -0.3 is 19.9 Å². The Hall–Kier alpha value is -2.08. The molecule has 25 heavy (non-hydrogen) atoms. The molecule has 0 saturated carbocycles. The molecule has 3 amide bonds. The predicted molar refractivity (Wildman–Crippen MR) is 95.5 cm³/mol. The standard InChI is InChI=1S/C19H27N3O3/c1-2-9-20-19(24)22-11-12-25-14-16-13-21(10-8-17(16)22)18(23)15-6-4-3-5-7-15/h3-7,16-17H,2,8-14H2,1H3,(H,20,24)/t16-,17-/m1/s1. The van der Waals surface area contributed by atoms with Gasteiger partial charge in [0.25, 0.3) is 5.91 Å². The number of nitrogens with zero attached hydrogens (tertiary/aromatic N) is 2. The number of carbonyl (C=O) groups excluding carboxylic acids is 2. The summed E-state index contributed by atoms with van der Waals surface area (Å²) in [6, 6.07) is 9.51. The Bertz CT molecular complexity index is 593. The van der Waals surface area contributed by atoms with Gasteiger partial charge in [-0.1, -0.05) is 25.1 Å². The number of hydrogen-bond acceptors (Lipinski definition) is 3. The number of ether oxygens (including phenoxy) is 1. The molecule has 0 aromatic heterocycles. The fourth-order valence-corrected chi connectivity index (χ4v) is 3.69. The van der Waals surface area contributed by atoms with Crippen molar-refractivity contribution in [3.8, 4) is 0 Å². The number of nitrogens with one attached hydrogen (secondary N) is 1. The van der Waals surface area contributed by atoms with Crippen molar-refractivity contribution < 1.29 is 14.3 Å². The van der Waals surface area contributed by atoms with Gasteiger partial charge in [-0.2, -0.15) is 0 Å². The number of piperidine rings is 1. The van der Waals surface area contributed by atoms with Gasteiger partial charge in [-0.05, 0) is 25.0 Å².